The molecule has 0 aliphatic heterocycles. The molecule has 3 aromatic heterocycles. The van der Waals surface area contributed by atoms with Gasteiger partial charge < -0.3 is 4.57 Å². The van der Waals surface area contributed by atoms with Crippen LogP contribution in [0.1, 0.15) is 25.0 Å². The molecule has 0 amide bonds. The zero-order valence-corrected chi connectivity index (χ0v) is 28.1. The van der Waals surface area contributed by atoms with Crippen LogP contribution in [0.3, 0.4) is 0 Å². The van der Waals surface area contributed by atoms with Gasteiger partial charge in [-0.2, -0.15) is 0 Å². The molecule has 3 heterocycles. The van der Waals surface area contributed by atoms with Crippen LogP contribution >= 0.6 is 0 Å². The Balaban J connectivity index is 1.37. The quantitative estimate of drug-likeness (QED) is 0.191. The molecule has 0 saturated heterocycles. The van der Waals surface area contributed by atoms with Crippen molar-refractivity contribution in [3.8, 4) is 22.9 Å². The van der Waals surface area contributed by atoms with Gasteiger partial charge in [-0.15, -0.1) is 0 Å². The van der Waals surface area contributed by atoms with Crippen molar-refractivity contribution in [1.82, 2.24) is 19.1 Å². The van der Waals surface area contributed by atoms with E-state index in [0.717, 1.165) is 38.9 Å². The van der Waals surface area contributed by atoms with E-state index < -0.39 is 0 Å². The number of aromatic nitrogens is 4. The first-order chi connectivity index (χ1) is 25.1. The average molecular weight is 651 g/mol. The molecule has 8 aromatic carbocycles. The average Bonchev–Trinajstić information content (AvgIpc) is 3.77. The van der Waals surface area contributed by atoms with Crippen molar-refractivity contribution in [2.45, 2.75) is 19.3 Å². The summed E-state index contributed by atoms with van der Waals surface area (Å²) in [5.41, 5.74) is 11.4. The van der Waals surface area contributed by atoms with Crippen molar-refractivity contribution < 1.29 is 0 Å². The van der Waals surface area contributed by atoms with Crippen molar-refractivity contribution in [3.63, 3.8) is 0 Å². The van der Waals surface area contributed by atoms with Crippen LogP contribution in [0.4, 0.5) is 0 Å². The Morgan fingerprint density at radius 1 is 0.412 bits per heavy atom. The zero-order valence-electron chi connectivity index (χ0n) is 28.1. The molecule has 0 fully saturated rings. The normalized spacial score (nSPS) is 13.8. The Labute approximate surface area is 293 Å². The topological polar surface area (TPSA) is 35.6 Å². The zero-order chi connectivity index (χ0) is 33.6. The lowest BCUT2D eigenvalue weighted by Crippen LogP contribution is -2.15. The van der Waals surface area contributed by atoms with Crippen molar-refractivity contribution >= 4 is 76.1 Å². The van der Waals surface area contributed by atoms with Gasteiger partial charge in [0.05, 0.1) is 33.3 Å². The molecule has 0 unspecified atom stereocenters. The molecule has 238 valence electrons. The summed E-state index contributed by atoms with van der Waals surface area (Å²) < 4.78 is 4.78. The van der Waals surface area contributed by atoms with Crippen LogP contribution < -0.4 is 0 Å². The molecule has 11 aromatic rings. The highest BCUT2D eigenvalue weighted by molar-refractivity contribution is 6.40. The van der Waals surface area contributed by atoms with Crippen molar-refractivity contribution in [1.29, 1.82) is 0 Å². The van der Waals surface area contributed by atoms with Gasteiger partial charge in [-0.05, 0) is 75.1 Å². The summed E-state index contributed by atoms with van der Waals surface area (Å²) in [5, 5.41) is 11.5. The van der Waals surface area contributed by atoms with Gasteiger partial charge in [0.1, 0.15) is 0 Å². The standard InChI is InChI=1S/C47H30N4/c1-47(2)32-20-11-18-29-30-19-12-22-35-40(30)42-36(50(35)28-15-7-4-8-16-28)25-26-38-44(42)43-37(24-23-33(47)41(43)39(29)32)51(38)46-48-34-21-10-9-17-31(34)45(49-46)27-13-5-3-6-14-27/h3-26H,1-2H3. The smallest absolute Gasteiger partial charge is 0.235 e. The molecule has 51 heavy (non-hydrogen) atoms. The van der Waals surface area contributed by atoms with Crippen molar-refractivity contribution in [2.24, 2.45) is 0 Å². The van der Waals surface area contributed by atoms with Gasteiger partial charge in [0.25, 0.3) is 0 Å². The Kier molecular flexibility index (Phi) is 5.02. The Hall–Kier alpha value is -6.52. The summed E-state index contributed by atoms with van der Waals surface area (Å²) in [6.07, 6.45) is 0. The van der Waals surface area contributed by atoms with E-state index in [1.54, 1.807) is 0 Å². The number of hydrogen-bond acceptors (Lipinski definition) is 2. The molecule has 0 saturated carbocycles. The second-order valence-electron chi connectivity index (χ2n) is 14.6. The molecule has 1 aliphatic carbocycles. The van der Waals surface area contributed by atoms with E-state index in [1.807, 2.05) is 0 Å². The van der Waals surface area contributed by atoms with Gasteiger partial charge in [0.15, 0.2) is 0 Å². The summed E-state index contributed by atoms with van der Waals surface area (Å²) in [7, 11) is 0. The van der Waals surface area contributed by atoms with E-state index in [1.165, 1.54) is 65.3 Å². The van der Waals surface area contributed by atoms with Crippen LogP contribution in [0.2, 0.25) is 0 Å². The molecule has 0 atom stereocenters. The lowest BCUT2D eigenvalue weighted by molar-refractivity contribution is 0.663. The Bertz CT molecular complexity index is 3260. The third-order valence-corrected chi connectivity index (χ3v) is 11.7. The van der Waals surface area contributed by atoms with E-state index in [-0.39, 0.29) is 5.41 Å². The first-order valence-corrected chi connectivity index (χ1v) is 17.7. The second-order valence-corrected chi connectivity index (χ2v) is 14.6. The molecule has 4 heteroatoms. The fourth-order valence-corrected chi connectivity index (χ4v) is 9.51. The molecule has 0 radical (unpaired) electrons. The van der Waals surface area contributed by atoms with Crippen molar-refractivity contribution in [3.05, 3.63) is 157 Å². The Morgan fingerprint density at radius 2 is 0.980 bits per heavy atom. The lowest BCUT2D eigenvalue weighted by Gasteiger charge is -2.22. The third kappa shape index (κ3) is 3.30. The minimum absolute atomic E-state index is 0.150. The number of nitrogens with zero attached hydrogens (tertiary/aromatic N) is 4. The van der Waals surface area contributed by atoms with Gasteiger partial charge in [-0.1, -0.05) is 117 Å². The van der Waals surface area contributed by atoms with E-state index in [0.29, 0.717) is 5.95 Å². The summed E-state index contributed by atoms with van der Waals surface area (Å²) >= 11 is 0. The number of fused-ring (bicyclic) bond motifs is 2. The Morgan fingerprint density at radius 3 is 1.78 bits per heavy atom. The van der Waals surface area contributed by atoms with E-state index in [9.17, 15) is 0 Å². The fraction of sp³-hybridized carbons (Fsp3) is 0.0638. The maximum atomic E-state index is 5.43. The van der Waals surface area contributed by atoms with Crippen LogP contribution in [0.15, 0.2) is 146 Å². The highest BCUT2D eigenvalue weighted by Gasteiger charge is 2.36. The van der Waals surface area contributed by atoms with Gasteiger partial charge in [0, 0.05) is 43.6 Å². The summed E-state index contributed by atoms with van der Waals surface area (Å²) in [6.45, 7) is 4.77. The predicted molar refractivity (Wildman–Crippen MR) is 212 cm³/mol. The van der Waals surface area contributed by atoms with Crippen LogP contribution in [-0.2, 0) is 5.41 Å². The third-order valence-electron chi connectivity index (χ3n) is 11.7. The maximum absolute atomic E-state index is 5.43. The molecule has 12 rings (SSSR count). The van der Waals surface area contributed by atoms with Crippen LogP contribution in [-0.4, -0.2) is 19.1 Å². The monoisotopic (exact) mass is 650 g/mol. The first-order valence-electron chi connectivity index (χ1n) is 17.7. The van der Waals surface area contributed by atoms with Gasteiger partial charge in [0.2, 0.25) is 5.95 Å². The van der Waals surface area contributed by atoms with Gasteiger partial charge in [-0.25, -0.2) is 9.97 Å². The number of rotatable bonds is 3. The SMILES string of the molecule is CC1(C)c2cccc3c4cccc5c4c4c6c7c(c1ccc7n(-c1nc(-c7ccccc7)c7ccccc7n1)c6ccc4n5-c1ccccc1)c23. The summed E-state index contributed by atoms with van der Waals surface area (Å²) in [5.74, 6) is 0.684. The summed E-state index contributed by atoms with van der Waals surface area (Å²) in [6, 6.07) is 52.8. The maximum Gasteiger partial charge on any atom is 0.235 e. The minimum Gasteiger partial charge on any atom is -0.309 e. The molecule has 0 bridgehead atoms. The van der Waals surface area contributed by atoms with Crippen LogP contribution in [0.25, 0.3) is 99.0 Å². The molecular formula is C47H30N4. The highest BCUT2D eigenvalue weighted by Crippen LogP contribution is 2.54. The largest absolute Gasteiger partial charge is 0.309 e. The highest BCUT2D eigenvalue weighted by atomic mass is 15.2. The first kappa shape index (κ1) is 27.3. The van der Waals surface area contributed by atoms with Crippen LogP contribution in [0.5, 0.6) is 0 Å². The second kappa shape index (κ2) is 9.38. The number of para-hydroxylation sites is 2. The molecule has 4 nitrogen and oxygen atoms in total. The number of hydrogen-bond donors (Lipinski definition) is 0. The molecular weight excluding hydrogens is 621 g/mol. The number of benzene rings is 7. The minimum atomic E-state index is -0.150. The fourth-order valence-electron chi connectivity index (χ4n) is 9.51. The van der Waals surface area contributed by atoms with Crippen LogP contribution in [0, 0.1) is 0 Å². The van der Waals surface area contributed by atoms with Crippen molar-refractivity contribution in [2.75, 3.05) is 0 Å². The lowest BCUT2D eigenvalue weighted by atomic mass is 9.81. The molecule has 1 aliphatic rings. The van der Waals surface area contributed by atoms with E-state index >= 15 is 0 Å². The molecule has 0 spiro atoms. The predicted octanol–water partition coefficient (Wildman–Crippen LogP) is 11.9. The van der Waals surface area contributed by atoms with Gasteiger partial charge in [-0.3, -0.25) is 4.57 Å². The van der Waals surface area contributed by atoms with Gasteiger partial charge >= 0.3 is 0 Å². The van der Waals surface area contributed by atoms with E-state index in [4.69, 9.17) is 9.97 Å². The molecule has 0 N–H and O–H groups in total. The summed E-state index contributed by atoms with van der Waals surface area (Å²) in [4.78, 5) is 10.8. The van der Waals surface area contributed by atoms with E-state index in [2.05, 4.69) is 169 Å².